The first-order chi connectivity index (χ1) is 32.1. The Labute approximate surface area is 388 Å². The number of hydrogen-bond acceptors (Lipinski definition) is 21. The summed E-state index contributed by atoms with van der Waals surface area (Å²) in [6, 6.07) is 19.7. The molecule has 0 fully saturated rings. The number of phenols is 2. The maximum atomic E-state index is 12.8. The van der Waals surface area contributed by atoms with Crippen LogP contribution in [0.25, 0.3) is 21.5 Å². The third-order valence-corrected chi connectivity index (χ3v) is 13.8. The van der Waals surface area contributed by atoms with Gasteiger partial charge in [-0.15, -0.1) is 35.8 Å². The minimum absolute atomic E-state index is 0.0352. The number of hydrogen-bond donors (Lipinski definition) is 8. The molecule has 7 rings (SSSR count). The van der Waals surface area contributed by atoms with Crippen LogP contribution in [0.15, 0.2) is 175 Å². The zero-order valence-electron chi connectivity index (χ0n) is 33.8. The highest BCUT2D eigenvalue weighted by molar-refractivity contribution is 7.87. The van der Waals surface area contributed by atoms with E-state index in [9.17, 15) is 75.1 Å². The van der Waals surface area contributed by atoms with Gasteiger partial charge in [-0.05, 0) is 78.9 Å². The van der Waals surface area contributed by atoms with E-state index in [4.69, 9.17) is 5.73 Å². The lowest BCUT2D eigenvalue weighted by Crippen LogP contribution is -2.04. The maximum Gasteiger partial charge on any atom is 0.296 e. The number of rotatable bonds is 13. The molecule has 0 aromatic heterocycles. The fourth-order valence-corrected chi connectivity index (χ4v) is 9.50. The molecule has 0 bridgehead atoms. The van der Waals surface area contributed by atoms with Crippen LogP contribution < -0.4 is 5.73 Å². The van der Waals surface area contributed by atoms with Crippen LogP contribution >= 0.6 is 0 Å². The monoisotopic (exact) mass is 1040 g/mol. The van der Waals surface area contributed by atoms with Crippen molar-refractivity contribution in [1.29, 1.82) is 0 Å². The molecule has 0 spiro atoms. The van der Waals surface area contributed by atoms with Crippen LogP contribution in [-0.2, 0) is 50.6 Å². The van der Waals surface area contributed by atoms with E-state index in [-0.39, 0.29) is 44.9 Å². The Kier molecular flexibility index (Phi) is 13.0. The van der Waals surface area contributed by atoms with Crippen molar-refractivity contribution in [2.45, 2.75) is 24.5 Å². The van der Waals surface area contributed by atoms with Gasteiger partial charge in [0.15, 0.2) is 11.5 Å². The molecule has 26 nitrogen and oxygen atoms in total. The number of nitrogens with zero attached hydrogens (tertiary/aromatic N) is 8. The van der Waals surface area contributed by atoms with E-state index in [0.717, 1.165) is 42.5 Å². The summed E-state index contributed by atoms with van der Waals surface area (Å²) in [5.74, 6) is -2.05. The molecule has 9 N–H and O–H groups in total. The molecule has 0 aliphatic heterocycles. The Bertz CT molecular complexity index is 4040. The van der Waals surface area contributed by atoms with Crippen molar-refractivity contribution in [3.05, 3.63) is 109 Å². The van der Waals surface area contributed by atoms with Gasteiger partial charge in [-0.2, -0.15) is 47.2 Å². The Morgan fingerprint density at radius 2 is 0.855 bits per heavy atom. The zero-order chi connectivity index (χ0) is 50.4. The molecular weight excluding hydrogens is 1010 g/mol. The van der Waals surface area contributed by atoms with Gasteiger partial charge >= 0.3 is 0 Å². The highest BCUT2D eigenvalue weighted by atomic mass is 32.2. The second-order valence-electron chi connectivity index (χ2n) is 13.9. The molecule has 0 atom stereocenters. The number of aromatic hydroxyl groups is 2. The Hall–Kier alpha value is -7.59. The number of nitrogen functional groups attached to an aromatic ring is 1. The average molecular weight is 1040 g/mol. The lowest BCUT2D eigenvalue weighted by Gasteiger charge is -2.14. The van der Waals surface area contributed by atoms with Gasteiger partial charge in [-0.25, -0.2) is 0 Å². The van der Waals surface area contributed by atoms with Crippen LogP contribution in [0.3, 0.4) is 0 Å². The highest BCUT2D eigenvalue weighted by Gasteiger charge is 2.29. The number of fused-ring (bicyclic) bond motifs is 2. The predicted molar refractivity (Wildman–Crippen MR) is 241 cm³/mol. The standard InChI is InChI=1S/C38H27N9O17S5/c39-35-28(18-31(68(59,60)61)22-17-32(69(62,63)64)36(38(49)34(22)35)47-40-19-6-5-7-20(16-19)65(50,51)52)46-44-26-15-14-23(41-42-24-8-1-3-10-29(24)66(53,54)55)21-12-13-27(37(48)33(21)26)45-43-25-9-2-4-11-30(25)67(56,57)58/h1-18,48-49H,39H2,(H,50,51,52)(H,53,54,55)(H,56,57,58)(H,59,60,61)(H,62,63,64). The molecule has 0 aliphatic rings. The van der Waals surface area contributed by atoms with Gasteiger partial charge in [0.1, 0.15) is 48.0 Å². The van der Waals surface area contributed by atoms with Crippen molar-refractivity contribution in [1.82, 2.24) is 0 Å². The van der Waals surface area contributed by atoms with Gasteiger partial charge in [0.25, 0.3) is 50.6 Å². The van der Waals surface area contributed by atoms with Crippen LogP contribution in [0.5, 0.6) is 11.5 Å². The van der Waals surface area contributed by atoms with E-state index < -0.39 is 114 Å². The highest BCUT2D eigenvalue weighted by Crippen LogP contribution is 2.50. The second kappa shape index (κ2) is 18.1. The zero-order valence-corrected chi connectivity index (χ0v) is 37.9. The topological polar surface area (TPSA) is 437 Å². The maximum absolute atomic E-state index is 12.8. The first-order valence-corrected chi connectivity index (χ1v) is 25.6. The summed E-state index contributed by atoms with van der Waals surface area (Å²) in [5, 5.41) is 52.4. The van der Waals surface area contributed by atoms with Gasteiger partial charge in [-0.3, -0.25) is 22.8 Å². The molecule has 0 heterocycles. The minimum Gasteiger partial charge on any atom is -0.505 e. The van der Waals surface area contributed by atoms with Gasteiger partial charge in [0.05, 0.1) is 38.4 Å². The molecule has 0 unspecified atom stereocenters. The summed E-state index contributed by atoms with van der Waals surface area (Å²) in [4.78, 5) is -4.37. The minimum atomic E-state index is -5.44. The smallest absolute Gasteiger partial charge is 0.296 e. The van der Waals surface area contributed by atoms with E-state index in [0.29, 0.717) is 12.1 Å². The van der Waals surface area contributed by atoms with Gasteiger partial charge in [-0.1, -0.05) is 30.3 Å². The van der Waals surface area contributed by atoms with Crippen molar-refractivity contribution in [3.8, 4) is 11.5 Å². The van der Waals surface area contributed by atoms with Crippen molar-refractivity contribution < 1.29 is 75.1 Å². The number of anilines is 1. The lowest BCUT2D eigenvalue weighted by molar-refractivity contribution is 0.471. The van der Waals surface area contributed by atoms with Crippen LogP contribution in [0.4, 0.5) is 51.2 Å². The molecule has 0 aliphatic carbocycles. The quantitative estimate of drug-likeness (QED) is 0.0303. The molecule has 31 heteroatoms. The third-order valence-electron chi connectivity index (χ3n) is 9.43. The molecule has 0 radical (unpaired) electrons. The van der Waals surface area contributed by atoms with E-state index in [1.165, 1.54) is 54.6 Å². The van der Waals surface area contributed by atoms with E-state index in [1.807, 2.05) is 0 Å². The van der Waals surface area contributed by atoms with Gasteiger partial charge < -0.3 is 15.9 Å². The molecule has 356 valence electrons. The average Bonchev–Trinajstić information content (AvgIpc) is 3.26. The lowest BCUT2D eigenvalue weighted by atomic mass is 10.0. The molecule has 69 heavy (non-hydrogen) atoms. The Morgan fingerprint density at radius 3 is 1.42 bits per heavy atom. The van der Waals surface area contributed by atoms with Gasteiger partial charge in [0.2, 0.25) is 0 Å². The summed E-state index contributed by atoms with van der Waals surface area (Å²) >= 11 is 0. The summed E-state index contributed by atoms with van der Waals surface area (Å²) in [6.45, 7) is 0. The summed E-state index contributed by atoms with van der Waals surface area (Å²) in [5.41, 5.74) is 2.10. The number of nitrogens with two attached hydrogens (primary N) is 1. The van der Waals surface area contributed by atoms with Crippen LogP contribution in [-0.4, -0.2) is 75.1 Å². The fraction of sp³-hybridized carbons (Fsp3) is 0. The first-order valence-electron chi connectivity index (χ1n) is 18.4. The van der Waals surface area contributed by atoms with Crippen molar-refractivity contribution >= 4 is 123 Å². The molecule has 0 saturated heterocycles. The molecular formula is C38H27N9O17S5. The van der Waals surface area contributed by atoms with Crippen LogP contribution in [0.2, 0.25) is 0 Å². The van der Waals surface area contributed by atoms with Gasteiger partial charge in [0, 0.05) is 10.8 Å². The van der Waals surface area contributed by atoms with Crippen LogP contribution in [0, 0.1) is 0 Å². The fourth-order valence-electron chi connectivity index (χ4n) is 6.39. The predicted octanol–water partition coefficient (Wildman–Crippen LogP) is 8.88. The molecule has 0 saturated carbocycles. The molecule has 0 amide bonds. The first kappa shape index (κ1) is 49.3. The normalized spacial score (nSPS) is 13.2. The Morgan fingerprint density at radius 1 is 0.362 bits per heavy atom. The van der Waals surface area contributed by atoms with Crippen molar-refractivity contribution in [2.24, 2.45) is 40.9 Å². The van der Waals surface area contributed by atoms with Crippen molar-refractivity contribution in [3.63, 3.8) is 0 Å². The number of azo groups is 4. The van der Waals surface area contributed by atoms with Crippen molar-refractivity contribution in [2.75, 3.05) is 5.73 Å². The third kappa shape index (κ3) is 10.5. The van der Waals surface area contributed by atoms with Crippen LogP contribution in [0.1, 0.15) is 0 Å². The summed E-state index contributed by atoms with van der Waals surface area (Å²) in [7, 11) is -25.2. The molecule has 7 aromatic carbocycles. The summed E-state index contributed by atoms with van der Waals surface area (Å²) < 4.78 is 171. The Balaban J connectivity index is 1.44. The SMILES string of the molecule is Nc1c(N=Nc2ccc(N=Nc3ccccc3S(=O)(=O)O)c3ccc(N=Nc4ccccc4S(=O)(=O)O)c(O)c23)cc(S(=O)(=O)O)c2cc(S(=O)(=O)O)c(N=Nc3cccc(S(=O)(=O)O)c3)c(O)c12. The summed E-state index contributed by atoms with van der Waals surface area (Å²) in [6.07, 6.45) is 0. The van der Waals surface area contributed by atoms with E-state index >= 15 is 0 Å². The molecule has 7 aromatic rings. The van der Waals surface area contributed by atoms with E-state index in [1.54, 1.807) is 0 Å². The number of benzene rings is 7. The second-order valence-corrected chi connectivity index (χ2v) is 20.9. The largest absolute Gasteiger partial charge is 0.505 e. The number of phenolic OH excluding ortho intramolecular Hbond substituents is 2. The van der Waals surface area contributed by atoms with E-state index in [2.05, 4.69) is 40.9 Å².